The molecule has 46 heavy (non-hydrogen) atoms. The summed E-state index contributed by atoms with van der Waals surface area (Å²) in [6.07, 6.45) is 8.27. The highest BCUT2D eigenvalue weighted by Crippen LogP contribution is 2.47. The molecule has 268 valence electrons. The van der Waals surface area contributed by atoms with Crippen LogP contribution in [0.3, 0.4) is 0 Å². The summed E-state index contributed by atoms with van der Waals surface area (Å²) in [5, 5.41) is 73.0. The van der Waals surface area contributed by atoms with Gasteiger partial charge in [0, 0.05) is 0 Å². The molecule has 1 rings (SSSR count). The number of phosphoric ester groups is 1. The first-order valence-corrected chi connectivity index (χ1v) is 18.0. The first-order chi connectivity index (χ1) is 21.8. The number of rotatable bonds is 24. The van der Waals surface area contributed by atoms with Gasteiger partial charge in [0.1, 0.15) is 36.6 Å². The van der Waals surface area contributed by atoms with Crippen molar-refractivity contribution in [1.29, 1.82) is 0 Å². The summed E-state index contributed by atoms with van der Waals surface area (Å²) in [6.45, 7) is 3.36. The van der Waals surface area contributed by atoms with Crippen molar-refractivity contribution in [3.63, 3.8) is 0 Å². The van der Waals surface area contributed by atoms with Crippen LogP contribution < -0.4 is 5.32 Å². The molecule has 0 aliphatic heterocycles. The molecule has 0 spiro atoms. The summed E-state index contributed by atoms with van der Waals surface area (Å²) >= 11 is 0. The zero-order chi connectivity index (χ0) is 34.5. The Morgan fingerprint density at radius 3 is 1.93 bits per heavy atom. The number of amides is 1. The van der Waals surface area contributed by atoms with E-state index in [0.717, 1.165) is 44.9 Å². The van der Waals surface area contributed by atoms with Crippen LogP contribution in [-0.4, -0.2) is 108 Å². The molecule has 0 saturated heterocycles. The highest BCUT2D eigenvalue weighted by atomic mass is 31.2. The van der Waals surface area contributed by atoms with Crippen molar-refractivity contribution >= 4 is 13.7 Å². The Balaban J connectivity index is 2.56. The molecule has 1 aliphatic rings. The number of aliphatic hydroxyl groups is 7. The van der Waals surface area contributed by atoms with Gasteiger partial charge in [0.25, 0.3) is 0 Å². The van der Waals surface area contributed by atoms with Crippen LogP contribution in [0.5, 0.6) is 0 Å². The Bertz CT molecular complexity index is 947. The SMILES string of the molecule is CCC/C=C/C(O)C(COP(=O)(O)OC1C(O)C(O)C(O)C(O)C1O)NC(=O)CC(O)CCCCCC/C=C\C=C/CCCCC. The van der Waals surface area contributed by atoms with E-state index in [9.17, 15) is 50.0 Å². The largest absolute Gasteiger partial charge is 0.472 e. The van der Waals surface area contributed by atoms with Crippen LogP contribution >= 0.6 is 7.82 Å². The van der Waals surface area contributed by atoms with Crippen molar-refractivity contribution in [2.24, 2.45) is 0 Å². The smallest absolute Gasteiger partial charge is 0.393 e. The molecule has 0 aromatic carbocycles. The van der Waals surface area contributed by atoms with E-state index in [4.69, 9.17) is 9.05 Å². The summed E-state index contributed by atoms with van der Waals surface area (Å²) in [5.41, 5.74) is 0. The van der Waals surface area contributed by atoms with Crippen LogP contribution in [0.2, 0.25) is 0 Å². The van der Waals surface area contributed by atoms with Gasteiger partial charge in [0.15, 0.2) is 0 Å². The fourth-order valence-corrected chi connectivity index (χ4v) is 5.85. The van der Waals surface area contributed by atoms with Crippen molar-refractivity contribution in [3.05, 3.63) is 36.5 Å². The third-order valence-electron chi connectivity index (χ3n) is 7.73. The quantitative estimate of drug-likeness (QED) is 0.0310. The Hall–Kier alpha value is -1.48. The molecule has 13 nitrogen and oxygen atoms in total. The van der Waals surface area contributed by atoms with E-state index >= 15 is 0 Å². The lowest BCUT2D eigenvalue weighted by Gasteiger charge is -2.41. The van der Waals surface area contributed by atoms with E-state index < -0.39 is 75.2 Å². The fraction of sp³-hybridized carbons (Fsp3) is 0.781. The number of carbonyl (C=O) groups excluding carboxylic acids is 1. The molecule has 1 amide bonds. The van der Waals surface area contributed by atoms with Gasteiger partial charge in [-0.05, 0) is 38.5 Å². The minimum atomic E-state index is -5.11. The summed E-state index contributed by atoms with van der Waals surface area (Å²) in [4.78, 5) is 22.9. The van der Waals surface area contributed by atoms with Gasteiger partial charge in [-0.25, -0.2) is 4.57 Å². The van der Waals surface area contributed by atoms with E-state index in [1.54, 1.807) is 6.08 Å². The highest BCUT2D eigenvalue weighted by molar-refractivity contribution is 7.47. The Morgan fingerprint density at radius 1 is 0.783 bits per heavy atom. The maximum atomic E-state index is 12.7. The van der Waals surface area contributed by atoms with Gasteiger partial charge in [-0.15, -0.1) is 0 Å². The summed E-state index contributed by atoms with van der Waals surface area (Å²) in [5.74, 6) is -0.621. The van der Waals surface area contributed by atoms with Gasteiger partial charge in [0.05, 0.1) is 31.3 Å². The highest BCUT2D eigenvalue weighted by Gasteiger charge is 2.51. The van der Waals surface area contributed by atoms with Gasteiger partial charge in [-0.1, -0.05) is 88.8 Å². The third kappa shape index (κ3) is 17.1. The molecule has 8 atom stereocenters. The zero-order valence-electron chi connectivity index (χ0n) is 27.2. The average molecular weight is 680 g/mol. The lowest BCUT2D eigenvalue weighted by molar-refractivity contribution is -0.220. The average Bonchev–Trinajstić information content (AvgIpc) is 3.01. The number of allylic oxidation sites excluding steroid dienone is 5. The minimum Gasteiger partial charge on any atom is -0.393 e. The number of unbranched alkanes of at least 4 members (excludes halogenated alkanes) is 8. The van der Waals surface area contributed by atoms with E-state index in [0.29, 0.717) is 12.8 Å². The van der Waals surface area contributed by atoms with Crippen molar-refractivity contribution in [1.82, 2.24) is 5.32 Å². The molecule has 14 heteroatoms. The molecular formula is C32H58NO12P. The van der Waals surface area contributed by atoms with E-state index in [1.165, 1.54) is 25.3 Å². The van der Waals surface area contributed by atoms with Crippen molar-refractivity contribution in [2.45, 2.75) is 152 Å². The number of hydrogen-bond acceptors (Lipinski definition) is 11. The van der Waals surface area contributed by atoms with E-state index in [-0.39, 0.29) is 6.42 Å². The van der Waals surface area contributed by atoms with Crippen molar-refractivity contribution in [3.8, 4) is 0 Å². The van der Waals surface area contributed by atoms with Crippen LogP contribution in [-0.2, 0) is 18.4 Å². The van der Waals surface area contributed by atoms with E-state index in [1.807, 2.05) is 6.92 Å². The number of nitrogens with one attached hydrogen (secondary N) is 1. The zero-order valence-corrected chi connectivity index (χ0v) is 28.1. The molecule has 0 heterocycles. The first kappa shape index (κ1) is 42.5. The van der Waals surface area contributed by atoms with Crippen LogP contribution in [0, 0.1) is 0 Å². The second kappa shape index (κ2) is 23.8. The number of hydrogen-bond donors (Lipinski definition) is 9. The van der Waals surface area contributed by atoms with E-state index in [2.05, 4.69) is 36.5 Å². The normalized spacial score (nSPS) is 27.3. The van der Waals surface area contributed by atoms with Crippen LogP contribution in [0.15, 0.2) is 36.5 Å². The monoisotopic (exact) mass is 679 g/mol. The molecule has 0 aromatic heterocycles. The summed E-state index contributed by atoms with van der Waals surface area (Å²) in [7, 11) is -5.11. The standard InChI is InChI=1S/C32H58NO12P/c1-3-5-7-8-9-10-11-12-13-14-15-16-18-19-23(34)21-26(36)33-24(25(35)20-17-6-4-2)22-44-46(42,43)45-32-30(40)28(38)27(37)29(39)31(32)41/h9-12,17,20,23-25,27-32,34-35,37-41H,3-8,13-16,18-19,21-22H2,1-2H3,(H,33,36)(H,42,43)/b10-9-,12-11-,20-17+. The number of phosphoric acid groups is 1. The molecule has 8 unspecified atom stereocenters. The molecule has 0 aromatic rings. The predicted octanol–water partition coefficient (Wildman–Crippen LogP) is 2.29. The molecule has 1 aliphatic carbocycles. The minimum absolute atomic E-state index is 0.263. The topological polar surface area (TPSA) is 226 Å². The van der Waals surface area contributed by atoms with Gasteiger partial charge < -0.3 is 46.0 Å². The number of carbonyl (C=O) groups is 1. The molecule has 0 bridgehead atoms. The number of aliphatic hydroxyl groups excluding tert-OH is 7. The lowest BCUT2D eigenvalue weighted by Crippen LogP contribution is -2.64. The van der Waals surface area contributed by atoms with Gasteiger partial charge >= 0.3 is 7.82 Å². The predicted molar refractivity (Wildman–Crippen MR) is 173 cm³/mol. The van der Waals surface area contributed by atoms with Crippen LogP contribution in [0.4, 0.5) is 0 Å². The Labute approximate surface area is 273 Å². The molecule has 1 saturated carbocycles. The first-order valence-electron chi connectivity index (χ1n) is 16.5. The lowest BCUT2D eigenvalue weighted by atomic mass is 9.85. The maximum Gasteiger partial charge on any atom is 0.472 e. The fourth-order valence-electron chi connectivity index (χ4n) is 4.88. The Morgan fingerprint density at radius 2 is 1.35 bits per heavy atom. The van der Waals surface area contributed by atoms with Crippen LogP contribution in [0.1, 0.15) is 97.3 Å². The molecular weight excluding hydrogens is 621 g/mol. The molecule has 1 fully saturated rings. The molecule has 0 radical (unpaired) electrons. The summed E-state index contributed by atoms with van der Waals surface area (Å²) in [6, 6.07) is -1.24. The second-order valence-electron chi connectivity index (χ2n) is 11.9. The second-order valence-corrected chi connectivity index (χ2v) is 13.3. The van der Waals surface area contributed by atoms with Crippen molar-refractivity contribution < 1.29 is 59.0 Å². The maximum absolute atomic E-state index is 12.7. The van der Waals surface area contributed by atoms with Crippen LogP contribution in [0.25, 0.3) is 0 Å². The van der Waals surface area contributed by atoms with Gasteiger partial charge in [-0.2, -0.15) is 0 Å². The van der Waals surface area contributed by atoms with Gasteiger partial charge in [-0.3, -0.25) is 13.8 Å². The Kier molecular flexibility index (Phi) is 22.0. The van der Waals surface area contributed by atoms with Gasteiger partial charge in [0.2, 0.25) is 5.91 Å². The summed E-state index contributed by atoms with van der Waals surface area (Å²) < 4.78 is 22.4. The van der Waals surface area contributed by atoms with Crippen molar-refractivity contribution in [2.75, 3.05) is 6.61 Å². The third-order valence-corrected chi connectivity index (χ3v) is 8.71. The molecule has 9 N–H and O–H groups in total.